The average Bonchev–Trinajstić information content (AvgIpc) is 2.07. The Morgan fingerprint density at radius 1 is 1.67 bits per heavy atom. The summed E-state index contributed by atoms with van der Waals surface area (Å²) < 4.78 is 15.8. The monoisotopic (exact) mass is 124 g/mol. The molecular formula is C6H4O3. The van der Waals surface area contributed by atoms with Crippen LogP contribution < -0.4 is 0 Å². The van der Waals surface area contributed by atoms with Crippen molar-refractivity contribution >= 4 is 0 Å². The van der Waals surface area contributed by atoms with Gasteiger partial charge in [0.05, 0.1) is 6.10 Å². The lowest BCUT2D eigenvalue weighted by atomic mass is 10.0. The molecule has 3 nitrogen and oxygen atoms in total. The summed E-state index contributed by atoms with van der Waals surface area (Å²) in [6, 6.07) is 0. The molecule has 4 rings (SSSR count). The van der Waals surface area contributed by atoms with E-state index in [0.717, 1.165) is 12.2 Å². The Labute approximate surface area is 51.2 Å². The Hall–Kier alpha value is -0.540. The fourth-order valence-electron chi connectivity index (χ4n) is 2.05. The zero-order valence-electron chi connectivity index (χ0n) is 4.59. The van der Waals surface area contributed by atoms with E-state index in [4.69, 9.17) is 14.2 Å². The van der Waals surface area contributed by atoms with Crippen molar-refractivity contribution in [1.29, 1.82) is 0 Å². The highest BCUT2D eigenvalue weighted by Gasteiger charge is 2.93. The minimum atomic E-state index is -0.568. The van der Waals surface area contributed by atoms with E-state index in [2.05, 4.69) is 0 Å². The maximum Gasteiger partial charge on any atom is 0.367 e. The molecule has 3 heterocycles. The number of hydrogen-bond acceptors (Lipinski definition) is 3. The molecule has 3 atom stereocenters. The lowest BCUT2D eigenvalue weighted by Crippen LogP contribution is -2.40. The van der Waals surface area contributed by atoms with Crippen molar-refractivity contribution in [3.05, 3.63) is 11.8 Å². The Morgan fingerprint density at radius 3 is 3.11 bits per heavy atom. The molecule has 9 heavy (non-hydrogen) atoms. The summed E-state index contributed by atoms with van der Waals surface area (Å²) in [5, 5.41) is 0. The molecule has 0 radical (unpaired) electrons. The van der Waals surface area contributed by atoms with E-state index in [1.54, 1.807) is 0 Å². The Morgan fingerprint density at radius 2 is 2.67 bits per heavy atom. The second kappa shape index (κ2) is 0.617. The third kappa shape index (κ3) is 0.158. The van der Waals surface area contributed by atoms with Crippen molar-refractivity contribution in [3.63, 3.8) is 0 Å². The molecule has 1 aliphatic carbocycles. The van der Waals surface area contributed by atoms with Crippen LogP contribution in [0, 0.1) is 0 Å². The number of rotatable bonds is 0. The van der Waals surface area contributed by atoms with E-state index in [1.165, 1.54) is 0 Å². The summed E-state index contributed by atoms with van der Waals surface area (Å²) in [5.74, 6) is 0.445. The third-order valence-corrected chi connectivity index (χ3v) is 2.54. The highest BCUT2D eigenvalue weighted by molar-refractivity contribution is 5.43. The smallest absolute Gasteiger partial charge is 0.367 e. The number of ether oxygens (including phenoxy) is 3. The van der Waals surface area contributed by atoms with E-state index in [0.29, 0.717) is 6.10 Å². The van der Waals surface area contributed by atoms with Gasteiger partial charge >= 0.3 is 5.97 Å². The molecule has 0 aromatic rings. The van der Waals surface area contributed by atoms with Gasteiger partial charge in [0.2, 0.25) is 5.60 Å². The maximum absolute atomic E-state index is 5.36. The molecule has 3 aliphatic heterocycles. The number of hydrogen-bond donors (Lipinski definition) is 0. The van der Waals surface area contributed by atoms with Gasteiger partial charge in [-0.05, 0) is 6.08 Å². The van der Waals surface area contributed by atoms with Crippen LogP contribution in [0.2, 0.25) is 0 Å². The molecule has 0 amide bonds. The third-order valence-electron chi connectivity index (χ3n) is 2.54. The molecule has 0 aromatic carbocycles. The van der Waals surface area contributed by atoms with E-state index >= 15 is 0 Å². The summed E-state index contributed by atoms with van der Waals surface area (Å²) in [4.78, 5) is 0. The van der Waals surface area contributed by atoms with Gasteiger partial charge in [-0.25, -0.2) is 0 Å². The van der Waals surface area contributed by atoms with Crippen LogP contribution in [0.1, 0.15) is 6.42 Å². The molecule has 3 heteroatoms. The van der Waals surface area contributed by atoms with Gasteiger partial charge in [-0.3, -0.25) is 4.74 Å². The quantitative estimate of drug-likeness (QED) is 0.430. The molecule has 0 saturated carbocycles. The first-order chi connectivity index (χ1) is 4.35. The topological polar surface area (TPSA) is 31.0 Å². The van der Waals surface area contributed by atoms with Crippen LogP contribution in [0.15, 0.2) is 11.8 Å². The maximum atomic E-state index is 5.36. The molecular weight excluding hydrogens is 120 g/mol. The zero-order chi connectivity index (χ0) is 5.69. The summed E-state index contributed by atoms with van der Waals surface area (Å²) >= 11 is 0. The lowest BCUT2D eigenvalue weighted by Gasteiger charge is -2.27. The van der Waals surface area contributed by atoms with Gasteiger partial charge in [0.1, 0.15) is 5.76 Å². The predicted molar refractivity (Wildman–Crippen MR) is 25.2 cm³/mol. The molecule has 2 bridgehead atoms. The zero-order valence-corrected chi connectivity index (χ0v) is 4.59. The van der Waals surface area contributed by atoms with E-state index in [-0.39, 0.29) is 5.60 Å². The molecule has 46 valence electrons. The fraction of sp³-hybridized carbons (Fsp3) is 0.667. The van der Waals surface area contributed by atoms with Crippen LogP contribution in [0.4, 0.5) is 0 Å². The van der Waals surface area contributed by atoms with Crippen LogP contribution >= 0.6 is 0 Å². The highest BCUT2D eigenvalue weighted by atomic mass is 17.0. The largest absolute Gasteiger partial charge is 0.438 e. The average molecular weight is 124 g/mol. The van der Waals surface area contributed by atoms with Crippen LogP contribution in [-0.4, -0.2) is 17.7 Å². The normalized spacial score (nSPS) is 70.2. The van der Waals surface area contributed by atoms with Gasteiger partial charge < -0.3 is 9.47 Å². The number of fused-ring (bicyclic) bond motifs is 1. The highest BCUT2D eigenvalue weighted by Crippen LogP contribution is 2.75. The fourth-order valence-corrected chi connectivity index (χ4v) is 2.05. The van der Waals surface area contributed by atoms with Crippen molar-refractivity contribution < 1.29 is 14.2 Å². The molecule has 4 aliphatic rings. The van der Waals surface area contributed by atoms with Crippen molar-refractivity contribution in [3.8, 4) is 0 Å². The van der Waals surface area contributed by atoms with Gasteiger partial charge in [-0.15, -0.1) is 0 Å². The van der Waals surface area contributed by atoms with Crippen molar-refractivity contribution in [2.75, 3.05) is 0 Å². The van der Waals surface area contributed by atoms with E-state index in [9.17, 15) is 0 Å². The molecule has 3 fully saturated rings. The molecule has 3 unspecified atom stereocenters. The Balaban J connectivity index is 2.16. The predicted octanol–water partition coefficient (Wildman–Crippen LogP) is 0.126. The summed E-state index contributed by atoms with van der Waals surface area (Å²) in [7, 11) is 0. The van der Waals surface area contributed by atoms with Crippen molar-refractivity contribution in [1.82, 2.24) is 0 Å². The van der Waals surface area contributed by atoms with Gasteiger partial charge in [-0.1, -0.05) is 0 Å². The Bertz CT molecular complexity index is 259. The minimum absolute atomic E-state index is 0.0718. The second-order valence-corrected chi connectivity index (χ2v) is 2.98. The molecule has 0 N–H and O–H groups in total. The molecule has 3 saturated heterocycles. The standard InChI is InChI=1S/C6H4O3/c1-3-2-5-4(1)8-6(5,7-3)9-5/h1,3H,2H2. The minimum Gasteiger partial charge on any atom is -0.438 e. The van der Waals surface area contributed by atoms with Crippen LogP contribution in [0.5, 0.6) is 0 Å². The second-order valence-electron chi connectivity index (χ2n) is 2.98. The summed E-state index contributed by atoms with van der Waals surface area (Å²) in [6.45, 7) is 0. The Kier molecular flexibility index (Phi) is 0.246. The van der Waals surface area contributed by atoms with E-state index in [1.807, 2.05) is 6.08 Å². The molecule has 0 aromatic heterocycles. The first-order valence-electron chi connectivity index (χ1n) is 3.14. The van der Waals surface area contributed by atoms with Crippen molar-refractivity contribution in [2.45, 2.75) is 24.1 Å². The van der Waals surface area contributed by atoms with Crippen molar-refractivity contribution in [2.24, 2.45) is 0 Å². The summed E-state index contributed by atoms with van der Waals surface area (Å²) in [6.07, 6.45) is 3.29. The van der Waals surface area contributed by atoms with Crippen LogP contribution in [0.25, 0.3) is 0 Å². The SMILES string of the molecule is C1=C2OC34OC1CC23O4. The van der Waals surface area contributed by atoms with Gasteiger partial charge in [0.25, 0.3) is 0 Å². The van der Waals surface area contributed by atoms with Gasteiger partial charge in [-0.2, -0.15) is 0 Å². The molecule has 1 spiro atoms. The number of epoxide rings is 1. The van der Waals surface area contributed by atoms with Crippen LogP contribution in [-0.2, 0) is 14.2 Å². The van der Waals surface area contributed by atoms with Gasteiger partial charge in [0.15, 0.2) is 0 Å². The lowest BCUT2D eigenvalue weighted by molar-refractivity contribution is -0.236. The summed E-state index contributed by atoms with van der Waals surface area (Å²) in [5.41, 5.74) is -0.0718. The first-order valence-corrected chi connectivity index (χ1v) is 3.14. The van der Waals surface area contributed by atoms with Crippen LogP contribution in [0.3, 0.4) is 0 Å². The first kappa shape index (κ1) is 3.58. The van der Waals surface area contributed by atoms with Gasteiger partial charge in [0, 0.05) is 6.42 Å². The van der Waals surface area contributed by atoms with E-state index < -0.39 is 5.97 Å².